The largest absolute Gasteiger partial charge is 0.451 e. The average molecular weight is 222 g/mol. The molecule has 0 aromatic carbocycles. The van der Waals surface area contributed by atoms with E-state index in [2.05, 4.69) is 19.6 Å². The van der Waals surface area contributed by atoms with Crippen LogP contribution in [0, 0.1) is 5.92 Å². The Morgan fingerprint density at radius 1 is 1.47 bits per heavy atom. The molecule has 2 fully saturated rings. The lowest BCUT2D eigenvalue weighted by Crippen LogP contribution is -2.36. The van der Waals surface area contributed by atoms with Gasteiger partial charge in [0.25, 0.3) is 0 Å². The molecule has 15 heavy (non-hydrogen) atoms. The number of carbonyl (C=O) groups excluding carboxylic acids is 1. The Hall–Kier alpha value is -0.573. The third kappa shape index (κ3) is 1.13. The molecule has 0 aromatic heterocycles. The van der Waals surface area contributed by atoms with Crippen LogP contribution in [-0.2, 0) is 9.53 Å². The Bertz CT molecular complexity index is 366. The summed E-state index contributed by atoms with van der Waals surface area (Å²) in [5.74, 6) is 0.713. The zero-order valence-electron chi connectivity index (χ0n) is 9.67. The number of carbonyl (C=O) groups is 1. The summed E-state index contributed by atoms with van der Waals surface area (Å²) in [6, 6.07) is 0. The Labute approximate surface area is 91.7 Å². The van der Waals surface area contributed by atoms with E-state index in [1.165, 1.54) is 12.0 Å². The smallest absolute Gasteiger partial charge is 0.331 e. The van der Waals surface area contributed by atoms with Gasteiger partial charge in [-0.3, -0.25) is 0 Å². The highest BCUT2D eigenvalue weighted by Crippen LogP contribution is 2.64. The summed E-state index contributed by atoms with van der Waals surface area (Å²) >= 11 is 0. The maximum atomic E-state index is 11.4. The number of hydrogen-bond acceptors (Lipinski definition) is 2. The molecule has 0 radical (unpaired) electrons. The fraction of sp³-hybridized carbons (Fsp3) is 0.750. The molecular weight excluding hydrogens is 204 g/mol. The Morgan fingerprint density at radius 2 is 2.20 bits per heavy atom. The van der Waals surface area contributed by atoms with E-state index in [-0.39, 0.29) is 11.6 Å². The number of ether oxygens (including phenoxy) is 1. The number of fused-ring (bicyclic) bond motifs is 1. The van der Waals surface area contributed by atoms with Crippen molar-refractivity contribution in [3.63, 3.8) is 0 Å². The van der Waals surface area contributed by atoms with E-state index in [1.54, 1.807) is 0 Å². The second-order valence-electron chi connectivity index (χ2n) is 6.36. The first-order valence-electron chi connectivity index (χ1n) is 5.87. The minimum absolute atomic E-state index is 0.0893. The summed E-state index contributed by atoms with van der Waals surface area (Å²) in [5.41, 5.74) is 1.92. The molecule has 3 heteroatoms. The van der Waals surface area contributed by atoms with E-state index in [4.69, 9.17) is 4.74 Å². The van der Waals surface area contributed by atoms with Crippen LogP contribution in [0.4, 0.5) is 0 Å². The SMILES string of the molecule is C[Si](C)(C)C1C2=CC(=O)OC23CCC1C3. The van der Waals surface area contributed by atoms with Crippen molar-refractivity contribution in [3.05, 3.63) is 11.6 Å². The van der Waals surface area contributed by atoms with Crippen LogP contribution in [0.25, 0.3) is 0 Å². The van der Waals surface area contributed by atoms with E-state index in [1.807, 2.05) is 6.08 Å². The average Bonchev–Trinajstić information content (AvgIpc) is 2.63. The first-order chi connectivity index (χ1) is 6.92. The van der Waals surface area contributed by atoms with Crippen molar-refractivity contribution in [1.82, 2.24) is 0 Å². The molecule has 1 spiro atoms. The van der Waals surface area contributed by atoms with Crippen molar-refractivity contribution in [2.75, 3.05) is 0 Å². The lowest BCUT2D eigenvalue weighted by atomic mass is 9.91. The van der Waals surface area contributed by atoms with E-state index in [9.17, 15) is 4.79 Å². The second kappa shape index (κ2) is 2.57. The van der Waals surface area contributed by atoms with Crippen LogP contribution in [0.3, 0.4) is 0 Å². The minimum atomic E-state index is -1.20. The summed E-state index contributed by atoms with van der Waals surface area (Å²) in [4.78, 5) is 11.4. The molecule has 3 unspecified atom stereocenters. The van der Waals surface area contributed by atoms with Gasteiger partial charge in [-0.15, -0.1) is 0 Å². The molecule has 2 aliphatic carbocycles. The standard InChI is InChI=1S/C12H18O2Si/c1-15(2,3)11-8-4-5-12(7-8)9(11)6-10(13)14-12/h6,8,11H,4-5,7H2,1-3H3. The zero-order valence-corrected chi connectivity index (χ0v) is 10.7. The summed E-state index contributed by atoms with van der Waals surface area (Å²) in [5, 5.41) is 0. The minimum Gasteiger partial charge on any atom is -0.451 e. The van der Waals surface area contributed by atoms with Crippen LogP contribution < -0.4 is 0 Å². The molecule has 82 valence electrons. The number of rotatable bonds is 1. The van der Waals surface area contributed by atoms with E-state index in [0.29, 0.717) is 5.54 Å². The van der Waals surface area contributed by atoms with Crippen molar-refractivity contribution in [1.29, 1.82) is 0 Å². The van der Waals surface area contributed by atoms with Crippen LogP contribution in [-0.4, -0.2) is 19.6 Å². The fourth-order valence-electron chi connectivity index (χ4n) is 4.03. The van der Waals surface area contributed by atoms with Gasteiger partial charge in [-0.05, 0) is 36.3 Å². The number of hydrogen-bond donors (Lipinski definition) is 0. The van der Waals surface area contributed by atoms with Gasteiger partial charge in [0, 0.05) is 6.08 Å². The molecule has 0 aromatic rings. The van der Waals surface area contributed by atoms with Crippen LogP contribution in [0.15, 0.2) is 11.6 Å². The first kappa shape index (κ1) is 9.64. The fourth-order valence-corrected chi connectivity index (χ4v) is 7.00. The highest BCUT2D eigenvalue weighted by Gasteiger charge is 2.61. The third-order valence-corrected chi connectivity index (χ3v) is 6.99. The summed E-state index contributed by atoms with van der Waals surface area (Å²) in [6.45, 7) is 7.24. The van der Waals surface area contributed by atoms with Gasteiger partial charge in [-0.1, -0.05) is 19.6 Å². The predicted molar refractivity (Wildman–Crippen MR) is 61.3 cm³/mol. The maximum absolute atomic E-state index is 11.4. The molecule has 1 aliphatic heterocycles. The number of esters is 1. The van der Waals surface area contributed by atoms with Crippen LogP contribution in [0.1, 0.15) is 19.3 Å². The van der Waals surface area contributed by atoms with Gasteiger partial charge in [-0.25, -0.2) is 4.79 Å². The Balaban J connectivity index is 2.06. The van der Waals surface area contributed by atoms with Crippen molar-refractivity contribution in [2.24, 2.45) is 5.92 Å². The lowest BCUT2D eigenvalue weighted by Gasteiger charge is -2.35. The lowest BCUT2D eigenvalue weighted by molar-refractivity contribution is -0.145. The molecule has 0 saturated heterocycles. The summed E-state index contributed by atoms with van der Waals surface area (Å²) in [6.07, 6.45) is 5.26. The normalized spacial score (nSPS) is 42.9. The van der Waals surface area contributed by atoms with Gasteiger partial charge in [0.15, 0.2) is 0 Å². The van der Waals surface area contributed by atoms with Crippen molar-refractivity contribution < 1.29 is 9.53 Å². The Kier molecular flexibility index (Phi) is 1.65. The van der Waals surface area contributed by atoms with Crippen LogP contribution in [0.5, 0.6) is 0 Å². The van der Waals surface area contributed by atoms with Crippen molar-refractivity contribution >= 4 is 14.0 Å². The quantitative estimate of drug-likeness (QED) is 0.504. The van der Waals surface area contributed by atoms with Gasteiger partial charge in [-0.2, -0.15) is 0 Å². The van der Waals surface area contributed by atoms with E-state index >= 15 is 0 Å². The molecule has 2 bridgehead atoms. The molecule has 3 rings (SSSR count). The predicted octanol–water partition coefficient (Wildman–Crippen LogP) is 2.73. The van der Waals surface area contributed by atoms with Gasteiger partial charge >= 0.3 is 5.97 Å². The molecular formula is C12H18O2Si. The second-order valence-corrected chi connectivity index (χ2v) is 11.7. The van der Waals surface area contributed by atoms with Gasteiger partial charge in [0.2, 0.25) is 0 Å². The molecule has 0 N–H and O–H groups in total. The molecule has 3 atom stereocenters. The van der Waals surface area contributed by atoms with Crippen LogP contribution in [0.2, 0.25) is 25.2 Å². The zero-order chi connectivity index (χ0) is 10.8. The van der Waals surface area contributed by atoms with Gasteiger partial charge in [0.1, 0.15) is 5.60 Å². The maximum Gasteiger partial charge on any atom is 0.331 e. The highest BCUT2D eigenvalue weighted by atomic mass is 28.3. The topological polar surface area (TPSA) is 26.3 Å². The van der Waals surface area contributed by atoms with E-state index in [0.717, 1.165) is 18.8 Å². The van der Waals surface area contributed by atoms with Crippen molar-refractivity contribution in [2.45, 2.75) is 50.0 Å². The molecule has 0 amide bonds. The van der Waals surface area contributed by atoms with Gasteiger partial charge < -0.3 is 4.74 Å². The summed E-state index contributed by atoms with van der Waals surface area (Å²) < 4.78 is 5.58. The van der Waals surface area contributed by atoms with E-state index < -0.39 is 8.07 Å². The summed E-state index contributed by atoms with van der Waals surface area (Å²) in [7, 11) is -1.20. The first-order valence-corrected chi connectivity index (χ1v) is 9.45. The monoisotopic (exact) mass is 222 g/mol. The van der Waals surface area contributed by atoms with Crippen LogP contribution >= 0.6 is 0 Å². The molecule has 3 aliphatic rings. The molecule has 2 nitrogen and oxygen atoms in total. The Morgan fingerprint density at radius 3 is 2.87 bits per heavy atom. The van der Waals surface area contributed by atoms with Crippen molar-refractivity contribution in [3.8, 4) is 0 Å². The third-order valence-electron chi connectivity index (χ3n) is 4.35. The van der Waals surface area contributed by atoms with Gasteiger partial charge in [0.05, 0.1) is 8.07 Å². The highest BCUT2D eigenvalue weighted by molar-refractivity contribution is 6.78. The molecule has 2 saturated carbocycles. The molecule has 1 heterocycles.